The van der Waals surface area contributed by atoms with Gasteiger partial charge < -0.3 is 11.1 Å². The summed E-state index contributed by atoms with van der Waals surface area (Å²) in [5.41, 5.74) is 7.29. The van der Waals surface area contributed by atoms with E-state index in [4.69, 9.17) is 5.73 Å². The fourth-order valence-electron chi connectivity index (χ4n) is 1.10. The third kappa shape index (κ3) is 3.31. The summed E-state index contributed by atoms with van der Waals surface area (Å²) in [6.07, 6.45) is 3.54. The molecule has 0 saturated carbocycles. The lowest BCUT2D eigenvalue weighted by Gasteiger charge is -2.04. The van der Waals surface area contributed by atoms with Gasteiger partial charge >= 0.3 is 0 Å². The molecule has 0 aliphatic carbocycles. The molecule has 0 atom stereocenters. The van der Waals surface area contributed by atoms with Gasteiger partial charge in [0.25, 0.3) is 5.91 Å². The first-order chi connectivity index (χ1) is 7.13. The lowest BCUT2D eigenvalue weighted by Crippen LogP contribution is -2.21. The van der Waals surface area contributed by atoms with Crippen molar-refractivity contribution in [1.29, 1.82) is 0 Å². The van der Waals surface area contributed by atoms with Crippen molar-refractivity contribution in [3.05, 3.63) is 54.3 Å². The Hall–Kier alpha value is -2.03. The van der Waals surface area contributed by atoms with Crippen LogP contribution in [0.4, 0.5) is 5.69 Å². The van der Waals surface area contributed by atoms with Gasteiger partial charge in [0.1, 0.15) is 0 Å². The molecule has 15 heavy (non-hydrogen) atoms. The highest BCUT2D eigenvalue weighted by Crippen LogP contribution is 2.05. The Labute approximate surface area is 89.3 Å². The van der Waals surface area contributed by atoms with Crippen molar-refractivity contribution in [2.45, 2.75) is 6.92 Å². The summed E-state index contributed by atoms with van der Waals surface area (Å²) in [5, 5.41) is 2.66. The van der Waals surface area contributed by atoms with E-state index in [0.29, 0.717) is 16.9 Å². The third-order valence-electron chi connectivity index (χ3n) is 1.81. The Morgan fingerprint density at radius 3 is 2.53 bits per heavy atom. The van der Waals surface area contributed by atoms with Crippen LogP contribution in [0.5, 0.6) is 0 Å². The zero-order valence-corrected chi connectivity index (χ0v) is 8.66. The second-order valence-electron chi connectivity index (χ2n) is 3.10. The van der Waals surface area contributed by atoms with Gasteiger partial charge in [-0.2, -0.15) is 0 Å². The Morgan fingerprint density at radius 1 is 1.40 bits per heavy atom. The average Bonchev–Trinajstić information content (AvgIpc) is 2.18. The van der Waals surface area contributed by atoms with E-state index in [2.05, 4.69) is 11.9 Å². The zero-order valence-electron chi connectivity index (χ0n) is 8.66. The van der Waals surface area contributed by atoms with Crippen molar-refractivity contribution >= 4 is 11.6 Å². The quantitative estimate of drug-likeness (QED) is 0.582. The van der Waals surface area contributed by atoms with Crippen molar-refractivity contribution in [3.8, 4) is 0 Å². The van der Waals surface area contributed by atoms with Crippen molar-refractivity contribution < 1.29 is 4.79 Å². The number of nitrogens with one attached hydrogen (secondary N) is 1. The molecule has 78 valence electrons. The first-order valence-corrected chi connectivity index (χ1v) is 4.62. The van der Waals surface area contributed by atoms with E-state index < -0.39 is 0 Å². The number of hydrogen-bond donors (Lipinski definition) is 2. The van der Waals surface area contributed by atoms with E-state index in [1.165, 1.54) is 0 Å². The predicted octanol–water partition coefficient (Wildman–Crippen LogP) is 2.09. The largest absolute Gasteiger partial charge is 0.399 e. The van der Waals surface area contributed by atoms with E-state index in [-0.39, 0.29) is 5.91 Å². The Bertz CT molecular complexity index is 391. The Morgan fingerprint density at radius 2 is 2.00 bits per heavy atom. The summed E-state index contributed by atoms with van der Waals surface area (Å²) < 4.78 is 0. The summed E-state index contributed by atoms with van der Waals surface area (Å²) in [5.74, 6) is -0.182. The summed E-state index contributed by atoms with van der Waals surface area (Å²) in [6.45, 7) is 5.55. The number of carbonyl (C=O) groups is 1. The van der Waals surface area contributed by atoms with Gasteiger partial charge in [0.2, 0.25) is 0 Å². The molecule has 1 aromatic rings. The number of carbonyl (C=O) groups excluding carboxylic acids is 1. The number of benzene rings is 1. The molecule has 3 heteroatoms. The van der Waals surface area contributed by atoms with Gasteiger partial charge in [-0.25, -0.2) is 0 Å². The maximum absolute atomic E-state index is 11.6. The van der Waals surface area contributed by atoms with E-state index in [1.54, 1.807) is 30.3 Å². The Kier molecular flexibility index (Phi) is 3.68. The molecule has 0 aliphatic rings. The molecule has 0 bridgehead atoms. The molecule has 1 rings (SSSR count). The lowest BCUT2D eigenvalue weighted by atomic mass is 10.2. The minimum atomic E-state index is -0.182. The summed E-state index contributed by atoms with van der Waals surface area (Å²) >= 11 is 0. The molecule has 0 radical (unpaired) electrons. The van der Waals surface area contributed by atoms with Crippen molar-refractivity contribution in [3.63, 3.8) is 0 Å². The third-order valence-corrected chi connectivity index (χ3v) is 1.81. The van der Waals surface area contributed by atoms with E-state index >= 15 is 0 Å². The maximum atomic E-state index is 11.6. The number of hydrogen-bond acceptors (Lipinski definition) is 2. The molecule has 0 aliphatic heterocycles. The maximum Gasteiger partial charge on any atom is 0.255 e. The molecule has 0 aromatic heterocycles. The van der Waals surface area contributed by atoms with E-state index in [0.717, 1.165) is 0 Å². The van der Waals surface area contributed by atoms with Gasteiger partial charge in [-0.1, -0.05) is 12.7 Å². The average molecular weight is 202 g/mol. The molecule has 3 nitrogen and oxygen atoms in total. The predicted molar refractivity (Wildman–Crippen MR) is 62.3 cm³/mol. The fraction of sp³-hybridized carbons (Fsp3) is 0.0833. The van der Waals surface area contributed by atoms with Crippen LogP contribution >= 0.6 is 0 Å². The Balaban J connectivity index is 2.69. The number of nitrogen functional groups attached to an aromatic ring is 1. The molecule has 1 amide bonds. The number of nitrogens with two attached hydrogens (primary N) is 1. The van der Waals surface area contributed by atoms with Crippen molar-refractivity contribution in [2.24, 2.45) is 0 Å². The van der Waals surface area contributed by atoms with Crippen molar-refractivity contribution in [2.75, 3.05) is 5.73 Å². The second-order valence-corrected chi connectivity index (χ2v) is 3.10. The van der Waals surface area contributed by atoms with Crippen molar-refractivity contribution in [1.82, 2.24) is 5.32 Å². The highest BCUT2D eigenvalue weighted by molar-refractivity contribution is 5.95. The zero-order chi connectivity index (χ0) is 11.3. The molecule has 0 saturated heterocycles. The van der Waals surface area contributed by atoms with Gasteiger partial charge in [0.05, 0.1) is 0 Å². The van der Waals surface area contributed by atoms with Crippen LogP contribution < -0.4 is 11.1 Å². The molecule has 0 spiro atoms. The second kappa shape index (κ2) is 5.00. The fourth-order valence-corrected chi connectivity index (χ4v) is 1.10. The SMILES string of the molecule is C=C(/C=C\C)NC(=O)c1ccc(N)cc1. The molecule has 0 fully saturated rings. The molecule has 0 heterocycles. The topological polar surface area (TPSA) is 55.1 Å². The first-order valence-electron chi connectivity index (χ1n) is 4.62. The summed E-state index contributed by atoms with van der Waals surface area (Å²) in [6, 6.07) is 6.72. The first kappa shape index (κ1) is 11.0. The number of anilines is 1. The molecule has 1 aromatic carbocycles. The molecular weight excluding hydrogens is 188 g/mol. The minimum Gasteiger partial charge on any atom is -0.399 e. The van der Waals surface area contributed by atoms with Gasteiger partial charge in [-0.05, 0) is 37.3 Å². The van der Waals surface area contributed by atoms with Crippen LogP contribution in [-0.2, 0) is 0 Å². The number of rotatable bonds is 3. The van der Waals surface area contributed by atoms with Crippen LogP contribution in [0.15, 0.2) is 48.7 Å². The van der Waals surface area contributed by atoms with Crippen LogP contribution in [-0.4, -0.2) is 5.91 Å². The molecule has 0 unspecified atom stereocenters. The standard InChI is InChI=1S/C12H14N2O/c1-3-4-9(2)14-12(15)10-5-7-11(13)8-6-10/h3-8H,2,13H2,1H3,(H,14,15)/b4-3-. The highest BCUT2D eigenvalue weighted by atomic mass is 16.1. The van der Waals surface area contributed by atoms with Gasteiger partial charge in [0.15, 0.2) is 0 Å². The molecular formula is C12H14N2O. The normalized spacial score (nSPS) is 10.2. The van der Waals surface area contributed by atoms with Crippen LogP contribution in [0.25, 0.3) is 0 Å². The number of amides is 1. The van der Waals surface area contributed by atoms with Crippen LogP contribution in [0.3, 0.4) is 0 Å². The van der Waals surface area contributed by atoms with E-state index in [1.807, 2.05) is 13.0 Å². The smallest absolute Gasteiger partial charge is 0.255 e. The highest BCUT2D eigenvalue weighted by Gasteiger charge is 2.04. The van der Waals surface area contributed by atoms with Crippen LogP contribution in [0.1, 0.15) is 17.3 Å². The van der Waals surface area contributed by atoms with Gasteiger partial charge in [-0.15, -0.1) is 0 Å². The van der Waals surface area contributed by atoms with E-state index in [9.17, 15) is 4.79 Å². The summed E-state index contributed by atoms with van der Waals surface area (Å²) in [7, 11) is 0. The van der Waals surface area contributed by atoms with Crippen LogP contribution in [0.2, 0.25) is 0 Å². The minimum absolute atomic E-state index is 0.182. The van der Waals surface area contributed by atoms with Gasteiger partial charge in [-0.3, -0.25) is 4.79 Å². The summed E-state index contributed by atoms with van der Waals surface area (Å²) in [4.78, 5) is 11.6. The molecule has 3 N–H and O–H groups in total. The lowest BCUT2D eigenvalue weighted by molar-refractivity contribution is 0.0967. The monoisotopic (exact) mass is 202 g/mol. The van der Waals surface area contributed by atoms with Crippen LogP contribution in [0, 0.1) is 0 Å². The van der Waals surface area contributed by atoms with Gasteiger partial charge in [0, 0.05) is 16.9 Å². The number of allylic oxidation sites excluding steroid dienone is 2.